The maximum atomic E-state index is 12.2. The van der Waals surface area contributed by atoms with Crippen LogP contribution in [0.2, 0.25) is 0 Å². The van der Waals surface area contributed by atoms with Gasteiger partial charge in [0.2, 0.25) is 0 Å². The van der Waals surface area contributed by atoms with Crippen LogP contribution < -0.4 is 14.8 Å². The molecular formula is C15H18N2O4. The molecule has 1 amide bonds. The Kier molecular flexibility index (Phi) is 4.47. The van der Waals surface area contributed by atoms with Crippen molar-refractivity contribution in [1.82, 2.24) is 10.5 Å². The predicted molar refractivity (Wildman–Crippen MR) is 76.7 cm³/mol. The van der Waals surface area contributed by atoms with Crippen LogP contribution >= 0.6 is 0 Å². The highest BCUT2D eigenvalue weighted by Gasteiger charge is 2.13. The van der Waals surface area contributed by atoms with E-state index in [1.54, 1.807) is 32.4 Å². The molecule has 1 heterocycles. The van der Waals surface area contributed by atoms with Gasteiger partial charge in [0.1, 0.15) is 17.3 Å². The lowest BCUT2D eigenvalue weighted by atomic mass is 10.1. The predicted octanol–water partition coefficient (Wildman–Crippen LogP) is 2.24. The fourth-order valence-corrected chi connectivity index (χ4v) is 1.96. The van der Waals surface area contributed by atoms with Crippen LogP contribution in [0.3, 0.4) is 0 Å². The average Bonchev–Trinajstić information content (AvgIpc) is 2.83. The molecule has 0 spiro atoms. The van der Waals surface area contributed by atoms with Crippen LogP contribution in [-0.4, -0.2) is 25.3 Å². The quantitative estimate of drug-likeness (QED) is 0.914. The molecule has 6 nitrogen and oxygen atoms in total. The molecule has 0 aliphatic carbocycles. The molecular weight excluding hydrogens is 272 g/mol. The molecule has 0 saturated heterocycles. The number of carbonyl (C=O) groups excluding carboxylic acids is 1. The van der Waals surface area contributed by atoms with Gasteiger partial charge in [-0.15, -0.1) is 0 Å². The maximum Gasteiger partial charge on any atom is 0.251 e. The molecule has 21 heavy (non-hydrogen) atoms. The Morgan fingerprint density at radius 1 is 1.19 bits per heavy atom. The summed E-state index contributed by atoms with van der Waals surface area (Å²) in [6, 6.07) is 5.03. The van der Waals surface area contributed by atoms with Crippen molar-refractivity contribution in [3.63, 3.8) is 0 Å². The van der Waals surface area contributed by atoms with Gasteiger partial charge in [-0.2, -0.15) is 0 Å². The van der Waals surface area contributed by atoms with Crippen LogP contribution in [0.4, 0.5) is 0 Å². The lowest BCUT2D eigenvalue weighted by molar-refractivity contribution is 0.0950. The summed E-state index contributed by atoms with van der Waals surface area (Å²) in [5, 5.41) is 6.69. The second-order valence-corrected chi connectivity index (χ2v) is 4.59. The van der Waals surface area contributed by atoms with E-state index in [4.69, 9.17) is 14.0 Å². The van der Waals surface area contributed by atoms with Gasteiger partial charge in [-0.1, -0.05) is 5.16 Å². The van der Waals surface area contributed by atoms with Gasteiger partial charge in [-0.25, -0.2) is 0 Å². The molecule has 0 unspecified atom stereocenters. The van der Waals surface area contributed by atoms with Crippen molar-refractivity contribution >= 4 is 5.91 Å². The van der Waals surface area contributed by atoms with Crippen molar-refractivity contribution in [2.24, 2.45) is 0 Å². The third kappa shape index (κ3) is 3.34. The number of aromatic nitrogens is 1. The number of aryl methyl sites for hydroxylation is 2. The van der Waals surface area contributed by atoms with Crippen LogP contribution in [0, 0.1) is 13.8 Å². The topological polar surface area (TPSA) is 73.6 Å². The summed E-state index contributed by atoms with van der Waals surface area (Å²) in [6.45, 7) is 4.02. The number of rotatable bonds is 5. The Balaban J connectivity index is 2.13. The number of carbonyl (C=O) groups is 1. The van der Waals surface area contributed by atoms with E-state index in [1.807, 2.05) is 13.8 Å². The Hall–Kier alpha value is -2.50. The molecule has 1 aromatic heterocycles. The highest BCUT2D eigenvalue weighted by molar-refractivity contribution is 5.95. The van der Waals surface area contributed by atoms with Gasteiger partial charge in [0.25, 0.3) is 5.91 Å². The third-order valence-electron chi connectivity index (χ3n) is 3.22. The number of nitrogens with zero attached hydrogens (tertiary/aromatic N) is 1. The fourth-order valence-electron chi connectivity index (χ4n) is 1.96. The third-order valence-corrected chi connectivity index (χ3v) is 3.22. The van der Waals surface area contributed by atoms with Crippen molar-refractivity contribution in [3.8, 4) is 11.5 Å². The van der Waals surface area contributed by atoms with E-state index in [-0.39, 0.29) is 5.91 Å². The summed E-state index contributed by atoms with van der Waals surface area (Å²) < 4.78 is 15.4. The molecule has 2 rings (SSSR count). The van der Waals surface area contributed by atoms with Gasteiger partial charge in [0.05, 0.1) is 19.9 Å². The van der Waals surface area contributed by atoms with Crippen LogP contribution in [0.5, 0.6) is 11.5 Å². The minimum atomic E-state index is -0.216. The number of methoxy groups -OCH3 is 2. The summed E-state index contributed by atoms with van der Waals surface area (Å²) in [5.41, 5.74) is 2.13. The zero-order chi connectivity index (χ0) is 15.4. The van der Waals surface area contributed by atoms with Crippen molar-refractivity contribution in [2.45, 2.75) is 20.4 Å². The number of ether oxygens (including phenoxy) is 2. The second-order valence-electron chi connectivity index (χ2n) is 4.59. The zero-order valence-corrected chi connectivity index (χ0v) is 12.5. The molecule has 1 N–H and O–H groups in total. The number of benzene rings is 1. The number of amides is 1. The first-order valence-corrected chi connectivity index (χ1v) is 6.48. The Bertz CT molecular complexity index is 607. The van der Waals surface area contributed by atoms with Gasteiger partial charge in [0, 0.05) is 23.7 Å². The molecule has 0 fully saturated rings. The highest BCUT2D eigenvalue weighted by Crippen LogP contribution is 2.22. The van der Waals surface area contributed by atoms with E-state index >= 15 is 0 Å². The van der Waals surface area contributed by atoms with Crippen LogP contribution in [0.25, 0.3) is 0 Å². The second kappa shape index (κ2) is 6.30. The standard InChI is InChI=1S/C15H18N2O4/c1-9-14(10(2)21-17-9)8-16-15(18)11-5-12(19-3)7-13(6-11)20-4/h5-7H,8H2,1-4H3,(H,16,18). The SMILES string of the molecule is COc1cc(OC)cc(C(=O)NCc2c(C)noc2C)c1. The van der Waals surface area contributed by atoms with Gasteiger partial charge in [0.15, 0.2) is 0 Å². The van der Waals surface area contributed by atoms with Crippen molar-refractivity contribution in [3.05, 3.63) is 40.8 Å². The molecule has 2 aromatic rings. The summed E-state index contributed by atoms with van der Waals surface area (Å²) in [5.74, 6) is 1.62. The lowest BCUT2D eigenvalue weighted by Crippen LogP contribution is -2.23. The van der Waals surface area contributed by atoms with Crippen molar-refractivity contribution < 1.29 is 18.8 Å². The molecule has 0 aliphatic heterocycles. The Morgan fingerprint density at radius 3 is 2.29 bits per heavy atom. The van der Waals surface area contributed by atoms with E-state index in [0.717, 1.165) is 11.3 Å². The Labute approximate surface area is 123 Å². The van der Waals surface area contributed by atoms with E-state index < -0.39 is 0 Å². The molecule has 112 valence electrons. The molecule has 1 aromatic carbocycles. The zero-order valence-electron chi connectivity index (χ0n) is 12.5. The molecule has 0 atom stereocenters. The largest absolute Gasteiger partial charge is 0.497 e. The molecule has 0 bridgehead atoms. The average molecular weight is 290 g/mol. The first-order chi connectivity index (χ1) is 10.0. The molecule has 0 radical (unpaired) electrons. The van der Waals surface area contributed by atoms with E-state index in [2.05, 4.69) is 10.5 Å². The molecule has 0 saturated carbocycles. The summed E-state index contributed by atoms with van der Waals surface area (Å²) in [6.07, 6.45) is 0. The van der Waals surface area contributed by atoms with Crippen LogP contribution in [0.15, 0.2) is 22.7 Å². The normalized spacial score (nSPS) is 10.3. The van der Waals surface area contributed by atoms with Crippen LogP contribution in [-0.2, 0) is 6.54 Å². The monoisotopic (exact) mass is 290 g/mol. The van der Waals surface area contributed by atoms with E-state index in [1.165, 1.54) is 0 Å². The summed E-state index contributed by atoms with van der Waals surface area (Å²) in [7, 11) is 3.08. The van der Waals surface area contributed by atoms with E-state index in [0.29, 0.717) is 29.4 Å². The number of hydrogen-bond acceptors (Lipinski definition) is 5. The first-order valence-electron chi connectivity index (χ1n) is 6.48. The molecule has 0 aliphatic rings. The minimum absolute atomic E-state index is 0.216. The van der Waals surface area contributed by atoms with Gasteiger partial charge in [-0.3, -0.25) is 4.79 Å². The van der Waals surface area contributed by atoms with Crippen LogP contribution in [0.1, 0.15) is 27.4 Å². The van der Waals surface area contributed by atoms with Gasteiger partial charge < -0.3 is 19.3 Å². The van der Waals surface area contributed by atoms with Gasteiger partial charge in [-0.05, 0) is 26.0 Å². The summed E-state index contributed by atoms with van der Waals surface area (Å²) >= 11 is 0. The minimum Gasteiger partial charge on any atom is -0.497 e. The first kappa shape index (κ1) is 14.9. The van der Waals surface area contributed by atoms with Crippen molar-refractivity contribution in [2.75, 3.05) is 14.2 Å². The van der Waals surface area contributed by atoms with Gasteiger partial charge >= 0.3 is 0 Å². The lowest BCUT2D eigenvalue weighted by Gasteiger charge is -2.09. The van der Waals surface area contributed by atoms with E-state index in [9.17, 15) is 4.79 Å². The summed E-state index contributed by atoms with van der Waals surface area (Å²) in [4.78, 5) is 12.2. The fraction of sp³-hybridized carbons (Fsp3) is 0.333. The number of hydrogen-bond donors (Lipinski definition) is 1. The maximum absolute atomic E-state index is 12.2. The Morgan fingerprint density at radius 2 is 1.81 bits per heavy atom. The van der Waals surface area contributed by atoms with Crippen molar-refractivity contribution in [1.29, 1.82) is 0 Å². The highest BCUT2D eigenvalue weighted by atomic mass is 16.5. The number of nitrogens with one attached hydrogen (secondary N) is 1. The smallest absolute Gasteiger partial charge is 0.251 e. The molecule has 6 heteroatoms.